The summed E-state index contributed by atoms with van der Waals surface area (Å²) in [6, 6.07) is 0. The van der Waals surface area contributed by atoms with E-state index in [1.807, 2.05) is 0 Å². The van der Waals surface area contributed by atoms with Gasteiger partial charge in [0.05, 0.1) is 6.16 Å². The van der Waals surface area contributed by atoms with Gasteiger partial charge in [0.2, 0.25) is 0 Å². The first kappa shape index (κ1) is 20.2. The van der Waals surface area contributed by atoms with Crippen LogP contribution >= 0.6 is 7.26 Å². The summed E-state index contributed by atoms with van der Waals surface area (Å²) in [6.07, 6.45) is 16.1. The molecule has 0 unspecified atom stereocenters. The second kappa shape index (κ2) is 13.3. The van der Waals surface area contributed by atoms with Gasteiger partial charge in [-0.05, 0) is 12.8 Å². The van der Waals surface area contributed by atoms with Crippen LogP contribution < -0.4 is 17.0 Å². The van der Waals surface area contributed by atoms with Gasteiger partial charge in [-0.2, -0.15) is 0 Å². The van der Waals surface area contributed by atoms with Crippen molar-refractivity contribution < 1.29 is 17.0 Å². The minimum absolute atomic E-state index is 0. The first-order chi connectivity index (χ1) is 7.56. The van der Waals surface area contributed by atoms with Crippen LogP contribution in [0.4, 0.5) is 0 Å². The lowest BCUT2D eigenvalue weighted by atomic mass is 10.1. The third kappa shape index (κ3) is 19.4. The molecule has 0 fully saturated rings. The third-order valence-electron chi connectivity index (χ3n) is 3.18. The fourth-order valence-electron chi connectivity index (χ4n) is 2.07. The monoisotopic (exact) mass is 324 g/mol. The smallest absolute Gasteiger partial charge is 0.0586 e. The molecule has 2 heteroatoms. The highest BCUT2D eigenvalue weighted by Crippen LogP contribution is 2.47. The van der Waals surface area contributed by atoms with Gasteiger partial charge in [0.25, 0.3) is 0 Å². The van der Waals surface area contributed by atoms with Gasteiger partial charge in [0.15, 0.2) is 0 Å². The zero-order valence-corrected chi connectivity index (χ0v) is 15.1. The number of unbranched alkanes of at least 4 members (excludes halogenated alkanes) is 9. The fourth-order valence-corrected chi connectivity index (χ4v) is 3.25. The van der Waals surface area contributed by atoms with E-state index in [9.17, 15) is 0 Å². The molecule has 0 spiro atoms. The molecule has 0 aromatic carbocycles. The lowest BCUT2D eigenvalue weighted by molar-refractivity contribution is -0.00000389. The van der Waals surface area contributed by atoms with Gasteiger partial charge in [-0.3, -0.25) is 0 Å². The van der Waals surface area contributed by atoms with E-state index < -0.39 is 7.26 Å². The number of halogens is 1. The Bertz CT molecular complexity index is 140. The van der Waals surface area contributed by atoms with E-state index in [0.717, 1.165) is 0 Å². The highest BCUT2D eigenvalue weighted by atomic mass is 79.9. The molecular weight excluding hydrogens is 291 g/mol. The average Bonchev–Trinajstić information content (AvgIpc) is 2.19. The molecule has 17 heavy (non-hydrogen) atoms. The molecule has 0 radical (unpaired) electrons. The molecule has 0 saturated carbocycles. The van der Waals surface area contributed by atoms with Crippen LogP contribution in [0.15, 0.2) is 0 Å². The normalized spacial score (nSPS) is 11.3. The Morgan fingerprint density at radius 3 is 1.29 bits per heavy atom. The molecule has 0 N–H and O–H groups in total. The molecule has 0 aromatic rings. The van der Waals surface area contributed by atoms with Gasteiger partial charge >= 0.3 is 0 Å². The van der Waals surface area contributed by atoms with Crippen molar-refractivity contribution in [3.63, 3.8) is 0 Å². The zero-order chi connectivity index (χ0) is 12.3. The molecule has 0 bridgehead atoms. The molecule has 0 rings (SSSR count). The second-order valence-corrected chi connectivity index (χ2v) is 11.2. The molecule has 0 saturated heterocycles. The summed E-state index contributed by atoms with van der Waals surface area (Å²) in [4.78, 5) is 0. The van der Waals surface area contributed by atoms with E-state index in [-0.39, 0.29) is 17.0 Å². The van der Waals surface area contributed by atoms with E-state index in [2.05, 4.69) is 26.9 Å². The second-order valence-electron chi connectivity index (χ2n) is 6.20. The van der Waals surface area contributed by atoms with Gasteiger partial charge in [0.1, 0.15) is 0 Å². The minimum Gasteiger partial charge on any atom is -1.00 e. The summed E-state index contributed by atoms with van der Waals surface area (Å²) >= 11 is 0. The minimum atomic E-state index is -0.490. The molecule has 0 aliphatic heterocycles. The SMILES string of the molecule is CCCCCCCCCCCC[P+](C)(C)C.[Br-]. The van der Waals surface area contributed by atoms with Crippen molar-refractivity contribution in [2.75, 3.05) is 26.2 Å². The maximum Gasteiger partial charge on any atom is 0.0586 e. The van der Waals surface area contributed by atoms with Crippen molar-refractivity contribution in [3.8, 4) is 0 Å². The molecule has 0 aliphatic carbocycles. The predicted molar refractivity (Wildman–Crippen MR) is 81.4 cm³/mol. The Morgan fingerprint density at radius 1 is 0.588 bits per heavy atom. The Balaban J connectivity index is 0. The van der Waals surface area contributed by atoms with E-state index in [1.165, 1.54) is 70.4 Å². The third-order valence-corrected chi connectivity index (χ3v) is 4.84. The molecular formula is C15H34BrP. The molecule has 0 atom stereocenters. The summed E-state index contributed by atoms with van der Waals surface area (Å²) < 4.78 is 0. The summed E-state index contributed by atoms with van der Waals surface area (Å²) in [6.45, 7) is 9.67. The average molecular weight is 325 g/mol. The quantitative estimate of drug-likeness (QED) is 0.405. The zero-order valence-electron chi connectivity index (χ0n) is 12.6. The van der Waals surface area contributed by atoms with Crippen molar-refractivity contribution >= 4 is 7.26 Å². The summed E-state index contributed by atoms with van der Waals surface area (Å²) in [5.41, 5.74) is 0. The van der Waals surface area contributed by atoms with Crippen LogP contribution in [-0.2, 0) is 0 Å². The van der Waals surface area contributed by atoms with Crippen LogP contribution in [0.5, 0.6) is 0 Å². The van der Waals surface area contributed by atoms with E-state index in [1.54, 1.807) is 0 Å². The van der Waals surface area contributed by atoms with Crippen molar-refractivity contribution in [1.82, 2.24) is 0 Å². The van der Waals surface area contributed by atoms with Crippen LogP contribution in [0.2, 0.25) is 0 Å². The summed E-state index contributed by atoms with van der Waals surface area (Å²) in [7, 11) is -0.490. The topological polar surface area (TPSA) is 0 Å². The number of hydrogen-bond acceptors (Lipinski definition) is 0. The predicted octanol–water partition coefficient (Wildman–Crippen LogP) is 2.82. The van der Waals surface area contributed by atoms with Crippen molar-refractivity contribution in [2.45, 2.75) is 71.1 Å². The lowest BCUT2D eigenvalue weighted by Crippen LogP contribution is -3.00. The Morgan fingerprint density at radius 2 is 0.941 bits per heavy atom. The van der Waals surface area contributed by atoms with E-state index in [4.69, 9.17) is 0 Å². The molecule has 0 amide bonds. The summed E-state index contributed by atoms with van der Waals surface area (Å²) in [5, 5.41) is 0. The van der Waals surface area contributed by atoms with Crippen LogP contribution in [0.25, 0.3) is 0 Å². The van der Waals surface area contributed by atoms with Crippen molar-refractivity contribution in [1.29, 1.82) is 0 Å². The highest BCUT2D eigenvalue weighted by Gasteiger charge is 2.15. The van der Waals surface area contributed by atoms with Crippen LogP contribution in [0.1, 0.15) is 71.1 Å². The van der Waals surface area contributed by atoms with Gasteiger partial charge in [0, 0.05) is 27.3 Å². The highest BCUT2D eigenvalue weighted by molar-refractivity contribution is 7.73. The largest absolute Gasteiger partial charge is 1.00 e. The number of hydrogen-bond donors (Lipinski definition) is 0. The van der Waals surface area contributed by atoms with Crippen LogP contribution in [0.3, 0.4) is 0 Å². The summed E-state index contributed by atoms with van der Waals surface area (Å²) in [5.74, 6) is 0. The Kier molecular flexibility index (Phi) is 15.9. The van der Waals surface area contributed by atoms with Crippen LogP contribution in [-0.4, -0.2) is 26.2 Å². The first-order valence-corrected chi connectivity index (χ1v) is 10.7. The molecule has 0 aromatic heterocycles. The molecule has 106 valence electrons. The Labute approximate surface area is 121 Å². The number of rotatable bonds is 11. The van der Waals surface area contributed by atoms with Crippen molar-refractivity contribution in [2.24, 2.45) is 0 Å². The van der Waals surface area contributed by atoms with Gasteiger partial charge in [-0.15, -0.1) is 0 Å². The van der Waals surface area contributed by atoms with E-state index in [0.29, 0.717) is 0 Å². The van der Waals surface area contributed by atoms with Crippen molar-refractivity contribution in [3.05, 3.63) is 0 Å². The van der Waals surface area contributed by atoms with E-state index >= 15 is 0 Å². The Hall–Kier alpha value is 0.910. The van der Waals surface area contributed by atoms with Crippen LogP contribution in [0, 0.1) is 0 Å². The van der Waals surface area contributed by atoms with Gasteiger partial charge in [-0.25, -0.2) is 0 Å². The maximum absolute atomic E-state index is 2.46. The van der Waals surface area contributed by atoms with Gasteiger partial charge < -0.3 is 17.0 Å². The van der Waals surface area contributed by atoms with Gasteiger partial charge in [-0.1, -0.05) is 58.3 Å². The standard InChI is InChI=1S/C15H34P.BrH/c1-5-6-7-8-9-10-11-12-13-14-15-16(2,3)4;/h5-15H2,1-4H3;1H/q+1;/p-1. The fraction of sp³-hybridized carbons (Fsp3) is 1.00. The molecule has 0 nitrogen and oxygen atoms in total. The first-order valence-electron chi connectivity index (χ1n) is 7.36. The lowest BCUT2D eigenvalue weighted by Gasteiger charge is -2.10. The molecule has 0 aliphatic rings. The molecule has 0 heterocycles. The maximum atomic E-state index is 2.46.